The minimum atomic E-state index is 0.286. The van der Waals surface area contributed by atoms with Crippen LogP contribution < -0.4 is 0 Å². The molecule has 15 heavy (non-hydrogen) atoms. The van der Waals surface area contributed by atoms with Crippen molar-refractivity contribution in [2.24, 2.45) is 0 Å². The van der Waals surface area contributed by atoms with E-state index < -0.39 is 0 Å². The molecule has 0 heterocycles. The van der Waals surface area contributed by atoms with Gasteiger partial charge in [0.25, 0.3) is 0 Å². The largest absolute Gasteiger partial charge is 0.396 e. The summed E-state index contributed by atoms with van der Waals surface area (Å²) in [6, 6.07) is 8.88. The lowest BCUT2D eigenvalue weighted by molar-refractivity contribution is 0.288. The fourth-order valence-electron chi connectivity index (χ4n) is 2.00. The van der Waals surface area contributed by atoms with Crippen molar-refractivity contribution in [1.82, 2.24) is 0 Å². The SMILES string of the molecule is CCC(CC)c1ccc(CCCO)cc1. The first-order chi connectivity index (χ1) is 7.31. The summed E-state index contributed by atoms with van der Waals surface area (Å²) < 4.78 is 0. The average molecular weight is 206 g/mol. The molecular formula is C14H22O. The molecule has 84 valence electrons. The van der Waals surface area contributed by atoms with Gasteiger partial charge in [-0.05, 0) is 42.7 Å². The summed E-state index contributed by atoms with van der Waals surface area (Å²) in [7, 11) is 0. The fourth-order valence-corrected chi connectivity index (χ4v) is 2.00. The van der Waals surface area contributed by atoms with Crippen LogP contribution >= 0.6 is 0 Å². The summed E-state index contributed by atoms with van der Waals surface area (Å²) in [4.78, 5) is 0. The topological polar surface area (TPSA) is 20.2 Å². The first kappa shape index (κ1) is 12.3. The van der Waals surface area contributed by atoms with Gasteiger partial charge in [-0.3, -0.25) is 0 Å². The van der Waals surface area contributed by atoms with E-state index in [9.17, 15) is 0 Å². The predicted molar refractivity (Wildman–Crippen MR) is 65.2 cm³/mol. The highest BCUT2D eigenvalue weighted by atomic mass is 16.2. The number of aliphatic hydroxyl groups excluding tert-OH is 1. The maximum absolute atomic E-state index is 8.75. The summed E-state index contributed by atoms with van der Waals surface area (Å²) in [5.41, 5.74) is 2.78. The van der Waals surface area contributed by atoms with E-state index in [0.29, 0.717) is 5.92 Å². The van der Waals surface area contributed by atoms with Crippen LogP contribution in [-0.2, 0) is 6.42 Å². The van der Waals surface area contributed by atoms with Crippen molar-refractivity contribution in [3.8, 4) is 0 Å². The van der Waals surface area contributed by atoms with E-state index in [0.717, 1.165) is 12.8 Å². The molecule has 0 atom stereocenters. The molecule has 0 aliphatic carbocycles. The third-order valence-electron chi connectivity index (χ3n) is 3.06. The highest BCUT2D eigenvalue weighted by molar-refractivity contribution is 5.25. The maximum atomic E-state index is 8.75. The molecule has 1 rings (SSSR count). The van der Waals surface area contributed by atoms with Gasteiger partial charge >= 0.3 is 0 Å². The second-order valence-electron chi connectivity index (χ2n) is 4.08. The Balaban J connectivity index is 2.62. The summed E-state index contributed by atoms with van der Waals surface area (Å²) >= 11 is 0. The number of rotatable bonds is 6. The highest BCUT2D eigenvalue weighted by Gasteiger charge is 2.05. The molecule has 1 N–H and O–H groups in total. The van der Waals surface area contributed by atoms with E-state index in [-0.39, 0.29) is 6.61 Å². The smallest absolute Gasteiger partial charge is 0.0434 e. The van der Waals surface area contributed by atoms with Crippen LogP contribution in [0.15, 0.2) is 24.3 Å². The van der Waals surface area contributed by atoms with E-state index in [2.05, 4.69) is 38.1 Å². The third-order valence-corrected chi connectivity index (χ3v) is 3.06. The molecule has 1 aromatic rings. The first-order valence-corrected chi connectivity index (χ1v) is 6.01. The Kier molecular flexibility index (Phi) is 5.41. The van der Waals surface area contributed by atoms with Crippen LogP contribution in [0, 0.1) is 0 Å². The molecule has 0 unspecified atom stereocenters. The van der Waals surface area contributed by atoms with Crippen molar-refractivity contribution in [3.63, 3.8) is 0 Å². The predicted octanol–water partition coefficient (Wildman–Crippen LogP) is 3.52. The Labute approximate surface area is 93.1 Å². The molecule has 0 saturated heterocycles. The van der Waals surface area contributed by atoms with Crippen LogP contribution in [0.2, 0.25) is 0 Å². The molecule has 0 aliphatic rings. The van der Waals surface area contributed by atoms with Crippen LogP contribution in [0.25, 0.3) is 0 Å². The Morgan fingerprint density at radius 3 is 2.13 bits per heavy atom. The number of hydrogen-bond donors (Lipinski definition) is 1. The molecule has 0 amide bonds. The minimum absolute atomic E-state index is 0.286. The van der Waals surface area contributed by atoms with Gasteiger partial charge in [0.2, 0.25) is 0 Å². The van der Waals surface area contributed by atoms with Gasteiger partial charge in [0.15, 0.2) is 0 Å². The quantitative estimate of drug-likeness (QED) is 0.755. The van der Waals surface area contributed by atoms with Crippen LogP contribution in [0.5, 0.6) is 0 Å². The average Bonchev–Trinajstić information content (AvgIpc) is 2.29. The Morgan fingerprint density at radius 1 is 1.07 bits per heavy atom. The lowest BCUT2D eigenvalue weighted by Gasteiger charge is -2.13. The standard InChI is InChI=1S/C14H22O/c1-3-13(4-2)14-9-7-12(8-10-14)6-5-11-15/h7-10,13,15H,3-6,11H2,1-2H3. The van der Waals surface area contributed by atoms with Gasteiger partial charge in [0.05, 0.1) is 0 Å². The summed E-state index contributed by atoms with van der Waals surface area (Å²) in [5.74, 6) is 0.705. The van der Waals surface area contributed by atoms with Crippen LogP contribution in [0.4, 0.5) is 0 Å². The number of aliphatic hydroxyl groups is 1. The van der Waals surface area contributed by atoms with Gasteiger partial charge in [-0.1, -0.05) is 38.1 Å². The number of aryl methyl sites for hydroxylation is 1. The molecular weight excluding hydrogens is 184 g/mol. The molecule has 0 aromatic heterocycles. The fraction of sp³-hybridized carbons (Fsp3) is 0.571. The van der Waals surface area contributed by atoms with E-state index >= 15 is 0 Å². The van der Waals surface area contributed by atoms with E-state index in [1.807, 2.05) is 0 Å². The normalized spacial score (nSPS) is 10.9. The van der Waals surface area contributed by atoms with Crippen molar-refractivity contribution in [1.29, 1.82) is 0 Å². The Hall–Kier alpha value is -0.820. The van der Waals surface area contributed by atoms with Gasteiger partial charge in [0, 0.05) is 6.61 Å². The summed E-state index contributed by atoms with van der Waals surface area (Å²) in [5, 5.41) is 8.75. The van der Waals surface area contributed by atoms with Crippen molar-refractivity contribution in [2.45, 2.75) is 45.4 Å². The van der Waals surface area contributed by atoms with Crippen LogP contribution in [0.3, 0.4) is 0 Å². The monoisotopic (exact) mass is 206 g/mol. The van der Waals surface area contributed by atoms with Crippen molar-refractivity contribution < 1.29 is 5.11 Å². The van der Waals surface area contributed by atoms with Gasteiger partial charge in [0.1, 0.15) is 0 Å². The Bertz CT molecular complexity index is 259. The summed E-state index contributed by atoms with van der Waals surface area (Å²) in [6.45, 7) is 4.77. The molecule has 1 aromatic carbocycles. The number of benzene rings is 1. The van der Waals surface area contributed by atoms with Crippen molar-refractivity contribution in [2.75, 3.05) is 6.61 Å². The lowest BCUT2D eigenvalue weighted by atomic mass is 9.93. The molecule has 0 saturated carbocycles. The van der Waals surface area contributed by atoms with Crippen molar-refractivity contribution >= 4 is 0 Å². The van der Waals surface area contributed by atoms with Gasteiger partial charge < -0.3 is 5.11 Å². The Morgan fingerprint density at radius 2 is 1.67 bits per heavy atom. The molecule has 0 bridgehead atoms. The van der Waals surface area contributed by atoms with Gasteiger partial charge in [-0.25, -0.2) is 0 Å². The van der Waals surface area contributed by atoms with E-state index in [1.165, 1.54) is 24.0 Å². The highest BCUT2D eigenvalue weighted by Crippen LogP contribution is 2.23. The van der Waals surface area contributed by atoms with Crippen molar-refractivity contribution in [3.05, 3.63) is 35.4 Å². The van der Waals surface area contributed by atoms with Gasteiger partial charge in [-0.2, -0.15) is 0 Å². The number of hydrogen-bond acceptors (Lipinski definition) is 1. The second-order valence-corrected chi connectivity index (χ2v) is 4.08. The van der Waals surface area contributed by atoms with E-state index in [4.69, 9.17) is 5.11 Å². The third kappa shape index (κ3) is 3.67. The van der Waals surface area contributed by atoms with Crippen LogP contribution in [0.1, 0.15) is 50.2 Å². The van der Waals surface area contributed by atoms with E-state index in [1.54, 1.807) is 0 Å². The zero-order valence-corrected chi connectivity index (χ0v) is 9.87. The van der Waals surface area contributed by atoms with Gasteiger partial charge in [-0.15, -0.1) is 0 Å². The minimum Gasteiger partial charge on any atom is -0.396 e. The molecule has 0 aliphatic heterocycles. The molecule has 0 radical (unpaired) electrons. The zero-order chi connectivity index (χ0) is 11.1. The molecule has 1 nitrogen and oxygen atoms in total. The lowest BCUT2D eigenvalue weighted by Crippen LogP contribution is -1.96. The van der Waals surface area contributed by atoms with Crippen LogP contribution in [-0.4, -0.2) is 11.7 Å². The first-order valence-electron chi connectivity index (χ1n) is 6.01. The molecule has 0 fully saturated rings. The second kappa shape index (κ2) is 6.62. The zero-order valence-electron chi connectivity index (χ0n) is 9.87. The molecule has 1 heteroatoms. The summed E-state index contributed by atoms with van der Waals surface area (Å²) in [6.07, 6.45) is 4.28. The maximum Gasteiger partial charge on any atom is 0.0434 e. The molecule has 0 spiro atoms.